The highest BCUT2D eigenvalue weighted by Gasteiger charge is 2.28. The van der Waals surface area contributed by atoms with E-state index in [-0.39, 0.29) is 5.41 Å². The number of nitrogens with zero attached hydrogens (tertiary/aromatic N) is 3. The van der Waals surface area contributed by atoms with Crippen LogP contribution in [0.15, 0.2) is 12.3 Å². The molecule has 0 saturated heterocycles. The first-order valence-corrected chi connectivity index (χ1v) is 8.07. The molecular weight excluding hydrogens is 274 g/mol. The predicted octanol–water partition coefficient (Wildman–Crippen LogP) is 3.50. The lowest BCUT2D eigenvalue weighted by Gasteiger charge is -2.28. The first-order valence-electron chi connectivity index (χ1n) is 8.07. The van der Waals surface area contributed by atoms with Gasteiger partial charge in [-0.05, 0) is 31.5 Å². The molecule has 0 aliphatic rings. The highest BCUT2D eigenvalue weighted by molar-refractivity contribution is 5.39. The third kappa shape index (κ3) is 4.79. The van der Waals surface area contributed by atoms with Gasteiger partial charge in [-0.2, -0.15) is 5.26 Å². The molecule has 122 valence electrons. The fourth-order valence-corrected chi connectivity index (χ4v) is 2.81. The zero-order valence-electron chi connectivity index (χ0n) is 14.6. The Kier molecular flexibility index (Phi) is 7.50. The van der Waals surface area contributed by atoms with Crippen molar-refractivity contribution in [2.45, 2.75) is 52.0 Å². The summed E-state index contributed by atoms with van der Waals surface area (Å²) in [5.41, 5.74) is 2.73. The van der Waals surface area contributed by atoms with Gasteiger partial charge in [0.25, 0.3) is 0 Å². The number of pyridine rings is 1. The van der Waals surface area contributed by atoms with E-state index in [2.05, 4.69) is 36.7 Å². The normalized spacial score (nSPS) is 13.9. The molecule has 0 aliphatic carbocycles. The first kappa shape index (κ1) is 18.6. The Morgan fingerprint density at radius 2 is 2.14 bits per heavy atom. The van der Waals surface area contributed by atoms with Crippen LogP contribution in [0.4, 0.5) is 0 Å². The quantitative estimate of drug-likeness (QED) is 0.700. The molecule has 0 N–H and O–H groups in total. The van der Waals surface area contributed by atoms with Gasteiger partial charge in [0, 0.05) is 31.8 Å². The van der Waals surface area contributed by atoms with Crippen LogP contribution in [0, 0.1) is 11.3 Å². The molecule has 0 aliphatic heterocycles. The predicted molar refractivity (Wildman–Crippen MR) is 89.7 cm³/mol. The molecule has 0 radical (unpaired) electrons. The van der Waals surface area contributed by atoms with Gasteiger partial charge in [0.05, 0.1) is 17.9 Å². The monoisotopic (exact) mass is 303 g/mol. The summed E-state index contributed by atoms with van der Waals surface area (Å²) in [6.45, 7) is 8.91. The fourth-order valence-electron chi connectivity index (χ4n) is 2.81. The minimum absolute atomic E-state index is 0.0136. The smallest absolute Gasteiger partial charge is 0.101 e. The van der Waals surface area contributed by atoms with Crippen LogP contribution in [0.3, 0.4) is 0 Å². The Balaban J connectivity index is 2.99. The van der Waals surface area contributed by atoms with E-state index in [0.717, 1.165) is 49.2 Å². The van der Waals surface area contributed by atoms with Crippen molar-refractivity contribution < 1.29 is 4.74 Å². The van der Waals surface area contributed by atoms with Gasteiger partial charge >= 0.3 is 0 Å². The van der Waals surface area contributed by atoms with E-state index < -0.39 is 0 Å². The van der Waals surface area contributed by atoms with Gasteiger partial charge in [-0.3, -0.25) is 9.88 Å². The summed E-state index contributed by atoms with van der Waals surface area (Å²) in [5.74, 6) is 0. The number of ether oxygens (including phenoxy) is 1. The average molecular weight is 303 g/mol. The summed E-state index contributed by atoms with van der Waals surface area (Å²) in [5, 5.41) is 9.52. The molecule has 1 heterocycles. The molecule has 4 heteroatoms. The summed E-state index contributed by atoms with van der Waals surface area (Å²) in [6, 6.07) is 4.34. The highest BCUT2D eigenvalue weighted by Crippen LogP contribution is 2.33. The number of likely N-dealkylation sites (N-methyl/N-ethyl adjacent to an activating group) is 1. The molecule has 0 bridgehead atoms. The zero-order valence-corrected chi connectivity index (χ0v) is 14.6. The molecule has 1 unspecified atom stereocenters. The summed E-state index contributed by atoms with van der Waals surface area (Å²) < 4.78 is 5.09. The lowest BCUT2D eigenvalue weighted by molar-refractivity contribution is 0.158. The molecule has 1 rings (SSSR count). The molecule has 1 atom stereocenters. The standard InChI is InChI=1S/C18H29N3O/c1-6-8-18(3,7-2)17-16(12-19)11-15(13-20-17)14-21(4)9-10-22-5/h11,13H,6-10,14H2,1-5H3. The highest BCUT2D eigenvalue weighted by atomic mass is 16.5. The fraction of sp³-hybridized carbons (Fsp3) is 0.667. The largest absolute Gasteiger partial charge is 0.383 e. The third-order valence-corrected chi connectivity index (χ3v) is 4.35. The van der Waals surface area contributed by atoms with Crippen LogP contribution in [0.2, 0.25) is 0 Å². The average Bonchev–Trinajstić information content (AvgIpc) is 2.52. The molecular formula is C18H29N3O. The zero-order chi connectivity index (χ0) is 16.6. The number of nitriles is 1. The van der Waals surface area contributed by atoms with Gasteiger partial charge in [0.15, 0.2) is 0 Å². The van der Waals surface area contributed by atoms with Crippen LogP contribution in [0.25, 0.3) is 0 Å². The van der Waals surface area contributed by atoms with Crippen LogP contribution in [0.1, 0.15) is 56.9 Å². The second-order valence-corrected chi connectivity index (χ2v) is 6.25. The number of hydrogen-bond donors (Lipinski definition) is 0. The molecule has 0 saturated carbocycles. The van der Waals surface area contributed by atoms with Crippen molar-refractivity contribution in [3.63, 3.8) is 0 Å². The minimum Gasteiger partial charge on any atom is -0.383 e. The minimum atomic E-state index is -0.0136. The third-order valence-electron chi connectivity index (χ3n) is 4.35. The van der Waals surface area contributed by atoms with Gasteiger partial charge in [-0.15, -0.1) is 0 Å². The van der Waals surface area contributed by atoms with Crippen LogP contribution in [-0.4, -0.2) is 37.2 Å². The van der Waals surface area contributed by atoms with Crippen molar-refractivity contribution in [2.75, 3.05) is 27.3 Å². The van der Waals surface area contributed by atoms with Gasteiger partial charge in [0.2, 0.25) is 0 Å². The van der Waals surface area contributed by atoms with Crippen molar-refractivity contribution in [1.82, 2.24) is 9.88 Å². The van der Waals surface area contributed by atoms with Gasteiger partial charge in [-0.25, -0.2) is 0 Å². The maximum Gasteiger partial charge on any atom is 0.101 e. The van der Waals surface area contributed by atoms with Crippen molar-refractivity contribution in [1.29, 1.82) is 5.26 Å². The number of aromatic nitrogens is 1. The maximum atomic E-state index is 9.52. The summed E-state index contributed by atoms with van der Waals surface area (Å²) in [6.07, 6.45) is 5.06. The van der Waals surface area contributed by atoms with Crippen molar-refractivity contribution in [3.05, 3.63) is 29.1 Å². The van der Waals surface area contributed by atoms with Gasteiger partial charge < -0.3 is 4.74 Å². The van der Waals surface area contributed by atoms with Crippen LogP contribution in [0.5, 0.6) is 0 Å². The van der Waals surface area contributed by atoms with E-state index in [4.69, 9.17) is 4.74 Å². The van der Waals surface area contributed by atoms with Crippen LogP contribution < -0.4 is 0 Å². The maximum absolute atomic E-state index is 9.52. The first-order chi connectivity index (χ1) is 10.5. The van der Waals surface area contributed by atoms with E-state index >= 15 is 0 Å². The summed E-state index contributed by atoms with van der Waals surface area (Å²) in [4.78, 5) is 6.84. The summed E-state index contributed by atoms with van der Waals surface area (Å²) >= 11 is 0. The molecule has 4 nitrogen and oxygen atoms in total. The van der Waals surface area contributed by atoms with E-state index in [9.17, 15) is 5.26 Å². The lowest BCUT2D eigenvalue weighted by Crippen LogP contribution is -2.25. The molecule has 1 aromatic rings. The van der Waals surface area contributed by atoms with Crippen molar-refractivity contribution in [2.24, 2.45) is 0 Å². The topological polar surface area (TPSA) is 49.2 Å². The van der Waals surface area contributed by atoms with Gasteiger partial charge in [0.1, 0.15) is 6.07 Å². The van der Waals surface area contributed by atoms with E-state index in [1.807, 2.05) is 19.3 Å². The van der Waals surface area contributed by atoms with E-state index in [1.165, 1.54) is 0 Å². The Hall–Kier alpha value is -1.44. The van der Waals surface area contributed by atoms with Crippen LogP contribution >= 0.6 is 0 Å². The van der Waals surface area contributed by atoms with E-state index in [0.29, 0.717) is 6.61 Å². The molecule has 0 fully saturated rings. The Bertz CT molecular complexity index is 510. The number of methoxy groups -OCH3 is 1. The van der Waals surface area contributed by atoms with Crippen LogP contribution in [-0.2, 0) is 16.7 Å². The Morgan fingerprint density at radius 1 is 1.41 bits per heavy atom. The molecule has 22 heavy (non-hydrogen) atoms. The van der Waals surface area contributed by atoms with Crippen molar-refractivity contribution >= 4 is 0 Å². The lowest BCUT2D eigenvalue weighted by atomic mass is 9.77. The van der Waals surface area contributed by atoms with E-state index in [1.54, 1.807) is 7.11 Å². The Labute approximate surface area is 135 Å². The van der Waals surface area contributed by atoms with Gasteiger partial charge in [-0.1, -0.05) is 27.2 Å². The molecule has 1 aromatic heterocycles. The Morgan fingerprint density at radius 3 is 2.68 bits per heavy atom. The number of hydrogen-bond acceptors (Lipinski definition) is 4. The molecule has 0 aromatic carbocycles. The summed E-state index contributed by atoms with van der Waals surface area (Å²) in [7, 11) is 3.75. The molecule has 0 amide bonds. The second-order valence-electron chi connectivity index (χ2n) is 6.25. The second kappa shape index (κ2) is 8.87. The van der Waals surface area contributed by atoms with Crippen molar-refractivity contribution in [3.8, 4) is 6.07 Å². The molecule has 0 spiro atoms. The SMILES string of the molecule is CCCC(C)(CC)c1ncc(CN(C)CCOC)cc1C#N. The number of rotatable bonds is 9.